The first-order valence-corrected chi connectivity index (χ1v) is 6.79. The van der Waals surface area contributed by atoms with Crippen LogP contribution in [0.3, 0.4) is 0 Å². The summed E-state index contributed by atoms with van der Waals surface area (Å²) in [4.78, 5) is 0. The zero-order valence-corrected chi connectivity index (χ0v) is 11.5. The SMILES string of the molecule is CCNC1c2cc(Cl)ccc2-c2ccc(Cl)cc21. The Morgan fingerprint density at radius 3 is 1.89 bits per heavy atom. The Balaban J connectivity index is 2.22. The van der Waals surface area contributed by atoms with Crippen LogP contribution in [0, 0.1) is 0 Å². The Morgan fingerprint density at radius 2 is 1.44 bits per heavy atom. The fraction of sp³-hybridized carbons (Fsp3) is 0.200. The Hall–Kier alpha value is -1.02. The van der Waals surface area contributed by atoms with E-state index in [1.807, 2.05) is 24.3 Å². The zero-order chi connectivity index (χ0) is 12.7. The average Bonchev–Trinajstić information content (AvgIpc) is 2.63. The van der Waals surface area contributed by atoms with Gasteiger partial charge in [-0.15, -0.1) is 0 Å². The van der Waals surface area contributed by atoms with Gasteiger partial charge in [-0.2, -0.15) is 0 Å². The number of halogens is 2. The molecule has 1 aliphatic carbocycles. The molecule has 3 rings (SSSR count). The predicted octanol–water partition coefficient (Wildman–Crippen LogP) is 4.67. The van der Waals surface area contributed by atoms with Crippen molar-refractivity contribution in [3.8, 4) is 11.1 Å². The molecule has 1 N–H and O–H groups in total. The fourth-order valence-electron chi connectivity index (χ4n) is 2.63. The highest BCUT2D eigenvalue weighted by Gasteiger charge is 2.28. The molecule has 0 bridgehead atoms. The summed E-state index contributed by atoms with van der Waals surface area (Å²) in [5, 5.41) is 5.04. The molecule has 0 saturated heterocycles. The van der Waals surface area contributed by atoms with E-state index < -0.39 is 0 Å². The van der Waals surface area contributed by atoms with Gasteiger partial charge in [-0.3, -0.25) is 0 Å². The third kappa shape index (κ3) is 1.83. The minimum Gasteiger partial charge on any atom is -0.306 e. The molecule has 2 aromatic carbocycles. The highest BCUT2D eigenvalue weighted by Crippen LogP contribution is 2.45. The van der Waals surface area contributed by atoms with Crippen LogP contribution in [0.5, 0.6) is 0 Å². The summed E-state index contributed by atoms with van der Waals surface area (Å²) in [6, 6.07) is 12.3. The first-order valence-electron chi connectivity index (χ1n) is 6.03. The number of hydrogen-bond donors (Lipinski definition) is 1. The van der Waals surface area contributed by atoms with Gasteiger partial charge in [-0.25, -0.2) is 0 Å². The van der Waals surface area contributed by atoms with Gasteiger partial charge in [0, 0.05) is 10.0 Å². The summed E-state index contributed by atoms with van der Waals surface area (Å²) >= 11 is 12.2. The van der Waals surface area contributed by atoms with Gasteiger partial charge in [-0.1, -0.05) is 42.3 Å². The summed E-state index contributed by atoms with van der Waals surface area (Å²) in [6.45, 7) is 3.01. The molecule has 0 atom stereocenters. The van der Waals surface area contributed by atoms with Crippen molar-refractivity contribution in [1.82, 2.24) is 5.32 Å². The van der Waals surface area contributed by atoms with Gasteiger partial charge in [0.05, 0.1) is 6.04 Å². The lowest BCUT2D eigenvalue weighted by molar-refractivity contribution is 0.642. The molecule has 1 nitrogen and oxygen atoms in total. The fourth-order valence-corrected chi connectivity index (χ4v) is 2.99. The number of hydrogen-bond acceptors (Lipinski definition) is 1. The number of fused-ring (bicyclic) bond motifs is 3. The van der Waals surface area contributed by atoms with Gasteiger partial charge in [0.2, 0.25) is 0 Å². The van der Waals surface area contributed by atoms with Crippen LogP contribution in [0.1, 0.15) is 24.1 Å². The molecule has 0 spiro atoms. The third-order valence-electron chi connectivity index (χ3n) is 3.35. The van der Waals surface area contributed by atoms with Crippen LogP contribution in [0.4, 0.5) is 0 Å². The van der Waals surface area contributed by atoms with Crippen molar-refractivity contribution >= 4 is 23.2 Å². The largest absolute Gasteiger partial charge is 0.306 e. The number of benzene rings is 2. The average molecular weight is 278 g/mol. The van der Waals surface area contributed by atoms with E-state index in [9.17, 15) is 0 Å². The van der Waals surface area contributed by atoms with Crippen LogP contribution in [0.2, 0.25) is 10.0 Å². The Bertz CT molecular complexity index is 556. The molecular formula is C15H13Cl2N. The Kier molecular flexibility index (Phi) is 3.06. The maximum atomic E-state index is 6.11. The molecule has 3 heteroatoms. The molecule has 0 amide bonds. The second kappa shape index (κ2) is 4.58. The van der Waals surface area contributed by atoms with E-state index in [4.69, 9.17) is 23.2 Å². The smallest absolute Gasteiger partial charge is 0.0589 e. The van der Waals surface area contributed by atoms with Crippen LogP contribution in [0.25, 0.3) is 11.1 Å². The van der Waals surface area contributed by atoms with E-state index >= 15 is 0 Å². The minimum atomic E-state index is 0.192. The van der Waals surface area contributed by atoms with Crippen molar-refractivity contribution in [2.45, 2.75) is 13.0 Å². The van der Waals surface area contributed by atoms with Gasteiger partial charge in [-0.05, 0) is 53.1 Å². The van der Waals surface area contributed by atoms with Gasteiger partial charge in [0.25, 0.3) is 0 Å². The highest BCUT2D eigenvalue weighted by atomic mass is 35.5. The van der Waals surface area contributed by atoms with E-state index in [-0.39, 0.29) is 6.04 Å². The van der Waals surface area contributed by atoms with Crippen molar-refractivity contribution in [3.63, 3.8) is 0 Å². The van der Waals surface area contributed by atoms with Crippen molar-refractivity contribution in [3.05, 3.63) is 57.6 Å². The number of rotatable bonds is 2. The zero-order valence-electron chi connectivity index (χ0n) is 10.0. The quantitative estimate of drug-likeness (QED) is 0.841. The molecule has 2 aromatic rings. The molecule has 0 unspecified atom stereocenters. The maximum absolute atomic E-state index is 6.11. The lowest BCUT2D eigenvalue weighted by Crippen LogP contribution is -2.19. The maximum Gasteiger partial charge on any atom is 0.0589 e. The summed E-state index contributed by atoms with van der Waals surface area (Å²) in [5.41, 5.74) is 4.97. The van der Waals surface area contributed by atoms with E-state index in [0.717, 1.165) is 16.6 Å². The summed E-state index contributed by atoms with van der Waals surface area (Å²) in [6.07, 6.45) is 0. The van der Waals surface area contributed by atoms with Gasteiger partial charge in [0.15, 0.2) is 0 Å². The highest BCUT2D eigenvalue weighted by molar-refractivity contribution is 6.31. The standard InChI is InChI=1S/C15H13Cl2N/c1-2-18-15-13-7-9(16)3-5-11(13)12-6-4-10(17)8-14(12)15/h3-8,15,18H,2H2,1H3. The third-order valence-corrected chi connectivity index (χ3v) is 3.82. The van der Waals surface area contributed by atoms with Crippen LogP contribution in [-0.2, 0) is 0 Å². The molecule has 0 fully saturated rings. The lowest BCUT2D eigenvalue weighted by Gasteiger charge is -2.14. The van der Waals surface area contributed by atoms with Gasteiger partial charge >= 0.3 is 0 Å². The second-order valence-corrected chi connectivity index (χ2v) is 5.33. The van der Waals surface area contributed by atoms with Gasteiger partial charge in [0.1, 0.15) is 0 Å². The molecule has 18 heavy (non-hydrogen) atoms. The molecule has 92 valence electrons. The molecule has 0 aromatic heterocycles. The normalized spacial score (nSPS) is 13.5. The van der Waals surface area contributed by atoms with Crippen LogP contribution in [-0.4, -0.2) is 6.54 Å². The van der Waals surface area contributed by atoms with Gasteiger partial charge < -0.3 is 5.32 Å². The topological polar surface area (TPSA) is 12.0 Å². The van der Waals surface area contributed by atoms with Crippen molar-refractivity contribution in [2.24, 2.45) is 0 Å². The minimum absolute atomic E-state index is 0.192. The van der Waals surface area contributed by atoms with E-state index in [1.54, 1.807) is 0 Å². The van der Waals surface area contributed by atoms with Crippen molar-refractivity contribution in [1.29, 1.82) is 0 Å². The first kappa shape index (κ1) is 12.0. The lowest BCUT2D eigenvalue weighted by atomic mass is 10.1. The summed E-state index contributed by atoms with van der Waals surface area (Å²) in [7, 11) is 0. The second-order valence-electron chi connectivity index (χ2n) is 4.45. The van der Waals surface area contributed by atoms with Crippen LogP contribution in [0.15, 0.2) is 36.4 Å². The first-order chi connectivity index (χ1) is 8.70. The van der Waals surface area contributed by atoms with E-state index in [2.05, 4.69) is 24.4 Å². The predicted molar refractivity (Wildman–Crippen MR) is 77.4 cm³/mol. The van der Waals surface area contributed by atoms with Crippen molar-refractivity contribution in [2.75, 3.05) is 6.54 Å². The monoisotopic (exact) mass is 277 g/mol. The summed E-state index contributed by atoms with van der Waals surface area (Å²) in [5.74, 6) is 0. The van der Waals surface area contributed by atoms with Crippen LogP contribution >= 0.6 is 23.2 Å². The van der Waals surface area contributed by atoms with Crippen LogP contribution < -0.4 is 5.32 Å². The van der Waals surface area contributed by atoms with Crippen molar-refractivity contribution < 1.29 is 0 Å². The summed E-state index contributed by atoms with van der Waals surface area (Å²) < 4.78 is 0. The molecule has 0 saturated carbocycles. The number of nitrogens with one attached hydrogen (secondary N) is 1. The Labute approximate surface area is 117 Å². The molecule has 1 aliphatic rings. The molecule has 0 aliphatic heterocycles. The Morgan fingerprint density at radius 1 is 0.944 bits per heavy atom. The molecule has 0 heterocycles. The van der Waals surface area contributed by atoms with E-state index in [0.29, 0.717) is 0 Å². The molecule has 0 radical (unpaired) electrons. The molecular weight excluding hydrogens is 265 g/mol. The van der Waals surface area contributed by atoms with E-state index in [1.165, 1.54) is 22.3 Å².